The topological polar surface area (TPSA) is 166 Å². The molecule has 186 valence electrons. The highest BCUT2D eigenvalue weighted by Crippen LogP contribution is 2.19. The molecule has 0 fully saturated rings. The van der Waals surface area contributed by atoms with Crippen LogP contribution in [0.1, 0.15) is 18.9 Å². The number of hydrogen-bond acceptors (Lipinski definition) is 7. The third-order valence-electron chi connectivity index (χ3n) is 5.25. The summed E-state index contributed by atoms with van der Waals surface area (Å²) in [4.78, 5) is 52.2. The number of carbonyl (C=O) groups is 4. The van der Waals surface area contributed by atoms with E-state index in [1.54, 1.807) is 18.0 Å². The van der Waals surface area contributed by atoms with Gasteiger partial charge in [0.15, 0.2) is 0 Å². The minimum absolute atomic E-state index is 0.000521. The number of nitrogens with two attached hydrogens (primary N) is 1. The van der Waals surface area contributed by atoms with E-state index in [-0.39, 0.29) is 12.2 Å². The monoisotopic (exact) mass is 509 g/mol. The van der Waals surface area contributed by atoms with Crippen LogP contribution in [0.25, 0.3) is 10.9 Å². The summed E-state index contributed by atoms with van der Waals surface area (Å²) >= 11 is 5.66. The molecule has 0 aliphatic rings. The highest BCUT2D eigenvalue weighted by Gasteiger charge is 2.28. The zero-order chi connectivity index (χ0) is 25.3. The lowest BCUT2D eigenvalue weighted by atomic mass is 10.0. The summed E-state index contributed by atoms with van der Waals surface area (Å²) in [5.74, 6) is -2.26. The summed E-state index contributed by atoms with van der Waals surface area (Å²) in [6, 6.07) is 3.46. The third kappa shape index (κ3) is 7.67. The van der Waals surface area contributed by atoms with Gasteiger partial charge in [-0.3, -0.25) is 14.4 Å². The van der Waals surface area contributed by atoms with E-state index < -0.39 is 47.9 Å². The Labute approximate surface area is 207 Å². The Kier molecular flexibility index (Phi) is 10.7. The van der Waals surface area contributed by atoms with Crippen LogP contribution in [0.2, 0.25) is 0 Å². The molecule has 0 bridgehead atoms. The predicted molar refractivity (Wildman–Crippen MR) is 136 cm³/mol. The molecule has 0 radical (unpaired) electrons. The van der Waals surface area contributed by atoms with Crippen LogP contribution in [0, 0.1) is 0 Å². The van der Waals surface area contributed by atoms with Crippen molar-refractivity contribution in [2.24, 2.45) is 5.73 Å². The van der Waals surface area contributed by atoms with Crippen molar-refractivity contribution in [2.45, 2.75) is 43.9 Å². The van der Waals surface area contributed by atoms with Crippen molar-refractivity contribution < 1.29 is 24.3 Å². The van der Waals surface area contributed by atoms with E-state index in [1.807, 2.05) is 30.5 Å². The largest absolute Gasteiger partial charge is 0.480 e. The minimum Gasteiger partial charge on any atom is -0.480 e. The molecule has 3 amide bonds. The molecule has 1 aromatic heterocycles. The van der Waals surface area contributed by atoms with E-state index in [1.165, 1.54) is 6.92 Å². The lowest BCUT2D eigenvalue weighted by Crippen LogP contribution is -2.57. The second kappa shape index (κ2) is 13.3. The Morgan fingerprint density at radius 3 is 2.41 bits per heavy atom. The molecule has 34 heavy (non-hydrogen) atoms. The number of fused-ring (bicyclic) bond motifs is 1. The highest BCUT2D eigenvalue weighted by molar-refractivity contribution is 7.98. The average molecular weight is 510 g/mol. The molecule has 4 atom stereocenters. The van der Waals surface area contributed by atoms with Crippen LogP contribution < -0.4 is 21.7 Å². The number of carboxylic acid groups (broad SMARTS) is 1. The Hall–Kier alpha value is -2.70. The molecule has 12 heteroatoms. The second-order valence-electron chi connectivity index (χ2n) is 7.83. The predicted octanol–water partition coefficient (Wildman–Crippen LogP) is 0.280. The first-order valence-corrected chi connectivity index (χ1v) is 12.7. The molecule has 0 saturated carbocycles. The van der Waals surface area contributed by atoms with Gasteiger partial charge in [-0.05, 0) is 37.0 Å². The fourth-order valence-corrected chi connectivity index (χ4v) is 3.99. The molecule has 0 saturated heterocycles. The SMILES string of the molecule is CSCCC(N)C(=O)NC(CS)C(=O)NC(C)C(=O)NC(Cc1c[nH]c2ccccc12)C(=O)O. The van der Waals surface area contributed by atoms with Gasteiger partial charge in [-0.2, -0.15) is 24.4 Å². The summed E-state index contributed by atoms with van der Waals surface area (Å²) in [6.45, 7) is 1.43. The average Bonchev–Trinajstić information content (AvgIpc) is 3.22. The van der Waals surface area contributed by atoms with Gasteiger partial charge in [-0.15, -0.1) is 0 Å². The van der Waals surface area contributed by atoms with E-state index in [0.717, 1.165) is 16.5 Å². The van der Waals surface area contributed by atoms with Gasteiger partial charge in [0.25, 0.3) is 0 Å². The number of aromatic nitrogens is 1. The van der Waals surface area contributed by atoms with Crippen LogP contribution in [0.4, 0.5) is 0 Å². The first kappa shape index (κ1) is 27.5. The number of H-pyrrole nitrogens is 1. The number of aliphatic carboxylic acids is 1. The molecule has 2 rings (SSSR count). The maximum atomic E-state index is 12.6. The van der Waals surface area contributed by atoms with Crippen LogP contribution in [-0.4, -0.2) is 75.7 Å². The number of nitrogens with one attached hydrogen (secondary N) is 4. The van der Waals surface area contributed by atoms with E-state index >= 15 is 0 Å². The maximum absolute atomic E-state index is 12.6. The molecule has 7 N–H and O–H groups in total. The molecule has 2 aromatic rings. The summed E-state index contributed by atoms with van der Waals surface area (Å²) < 4.78 is 0. The number of para-hydroxylation sites is 1. The Bertz CT molecular complexity index is 1010. The molecule has 0 spiro atoms. The molecule has 0 aliphatic carbocycles. The molecule has 1 aromatic carbocycles. The van der Waals surface area contributed by atoms with Gasteiger partial charge in [-0.1, -0.05) is 18.2 Å². The molecular formula is C22H31N5O5S2. The van der Waals surface area contributed by atoms with Gasteiger partial charge < -0.3 is 31.8 Å². The van der Waals surface area contributed by atoms with Crippen molar-refractivity contribution >= 4 is 59.0 Å². The van der Waals surface area contributed by atoms with Crippen molar-refractivity contribution in [3.8, 4) is 0 Å². The summed E-state index contributed by atoms with van der Waals surface area (Å²) in [5.41, 5.74) is 7.43. The number of rotatable bonds is 13. The first-order chi connectivity index (χ1) is 16.2. The van der Waals surface area contributed by atoms with E-state index in [2.05, 4.69) is 33.6 Å². The Balaban J connectivity index is 1.96. The molecular weight excluding hydrogens is 478 g/mol. The number of thioether (sulfide) groups is 1. The molecule has 0 aliphatic heterocycles. The van der Waals surface area contributed by atoms with E-state index in [0.29, 0.717) is 12.2 Å². The van der Waals surface area contributed by atoms with Gasteiger partial charge in [-0.25, -0.2) is 4.79 Å². The fourth-order valence-electron chi connectivity index (χ4n) is 3.25. The number of carbonyl (C=O) groups excluding carboxylic acids is 3. The maximum Gasteiger partial charge on any atom is 0.326 e. The summed E-state index contributed by atoms with van der Waals surface area (Å²) in [6.07, 6.45) is 4.13. The number of thiol groups is 1. The second-order valence-corrected chi connectivity index (χ2v) is 9.18. The van der Waals surface area contributed by atoms with Gasteiger partial charge in [0.05, 0.1) is 6.04 Å². The lowest BCUT2D eigenvalue weighted by Gasteiger charge is -2.22. The van der Waals surface area contributed by atoms with Crippen LogP contribution >= 0.6 is 24.4 Å². The van der Waals surface area contributed by atoms with Gasteiger partial charge in [0, 0.05) is 29.3 Å². The van der Waals surface area contributed by atoms with E-state index in [4.69, 9.17) is 5.73 Å². The number of hydrogen-bond donors (Lipinski definition) is 7. The number of aromatic amines is 1. The van der Waals surface area contributed by atoms with E-state index in [9.17, 15) is 24.3 Å². The van der Waals surface area contributed by atoms with Gasteiger partial charge in [0.2, 0.25) is 17.7 Å². The Morgan fingerprint density at radius 2 is 1.76 bits per heavy atom. The molecule has 10 nitrogen and oxygen atoms in total. The quantitative estimate of drug-likeness (QED) is 0.190. The number of benzene rings is 1. The zero-order valence-electron chi connectivity index (χ0n) is 19.0. The van der Waals surface area contributed by atoms with Crippen molar-refractivity contribution in [3.63, 3.8) is 0 Å². The zero-order valence-corrected chi connectivity index (χ0v) is 20.7. The summed E-state index contributed by atoms with van der Waals surface area (Å²) in [7, 11) is 0. The lowest BCUT2D eigenvalue weighted by molar-refractivity contribution is -0.142. The van der Waals surface area contributed by atoms with Crippen molar-refractivity contribution in [1.29, 1.82) is 0 Å². The smallest absolute Gasteiger partial charge is 0.326 e. The normalized spacial score (nSPS) is 14.6. The van der Waals surface area contributed by atoms with Crippen molar-refractivity contribution in [3.05, 3.63) is 36.0 Å². The van der Waals surface area contributed by atoms with Gasteiger partial charge in [0.1, 0.15) is 18.1 Å². The van der Waals surface area contributed by atoms with Gasteiger partial charge >= 0.3 is 5.97 Å². The highest BCUT2D eigenvalue weighted by atomic mass is 32.2. The van der Waals surface area contributed by atoms with Crippen LogP contribution in [-0.2, 0) is 25.6 Å². The van der Waals surface area contributed by atoms with Crippen molar-refractivity contribution in [2.75, 3.05) is 17.8 Å². The van der Waals surface area contributed by atoms with Crippen LogP contribution in [0.3, 0.4) is 0 Å². The fraction of sp³-hybridized carbons (Fsp3) is 0.455. The van der Waals surface area contributed by atoms with Crippen LogP contribution in [0.15, 0.2) is 30.5 Å². The number of amides is 3. The third-order valence-corrected chi connectivity index (χ3v) is 6.26. The van der Waals surface area contributed by atoms with Crippen LogP contribution in [0.5, 0.6) is 0 Å². The summed E-state index contributed by atoms with van der Waals surface area (Å²) in [5, 5.41) is 18.0. The van der Waals surface area contributed by atoms with Crippen molar-refractivity contribution in [1.82, 2.24) is 20.9 Å². The molecule has 1 heterocycles. The first-order valence-electron chi connectivity index (χ1n) is 10.7. The molecule has 4 unspecified atom stereocenters. The standard InChI is InChI=1S/C22H31N5O5S2/c1-12(25-21(30)18(11-33)27-20(29)15(23)7-8-34-2)19(28)26-17(22(31)32)9-13-10-24-16-6-4-3-5-14(13)16/h3-6,10,12,15,17-18,24,33H,7-9,11,23H2,1-2H3,(H,25,30)(H,26,28)(H,27,29)(H,31,32). The Morgan fingerprint density at radius 1 is 1.09 bits per heavy atom. The minimum atomic E-state index is -1.20. The number of carboxylic acids is 1.